The summed E-state index contributed by atoms with van der Waals surface area (Å²) in [7, 11) is 0. The minimum Gasteiger partial charge on any atom is -0.320 e. The van der Waals surface area contributed by atoms with Gasteiger partial charge in [0.25, 0.3) is 0 Å². The number of aromatic nitrogens is 4. The molecule has 0 amide bonds. The lowest BCUT2D eigenvalue weighted by Crippen LogP contribution is -1.98. The Morgan fingerprint density at radius 2 is 2.00 bits per heavy atom. The molecule has 20 heavy (non-hydrogen) atoms. The number of hydrogen-bond acceptors (Lipinski definition) is 4. The molecule has 1 aliphatic rings. The second kappa shape index (κ2) is 4.26. The SMILES string of the molecule is Fc1c(Nc2ncnc3ccccc23)n[nH]c1C1CC1. The molecule has 0 aliphatic heterocycles. The average molecular weight is 269 g/mol. The first-order valence-corrected chi connectivity index (χ1v) is 6.53. The van der Waals surface area contributed by atoms with E-state index in [-0.39, 0.29) is 11.6 Å². The number of rotatable bonds is 3. The van der Waals surface area contributed by atoms with Crippen LogP contribution in [0.1, 0.15) is 24.5 Å². The van der Waals surface area contributed by atoms with E-state index in [1.807, 2.05) is 24.3 Å². The number of nitrogens with zero attached hydrogens (tertiary/aromatic N) is 3. The quantitative estimate of drug-likeness (QED) is 0.766. The third-order valence-corrected chi connectivity index (χ3v) is 3.50. The van der Waals surface area contributed by atoms with Crippen LogP contribution in [0.2, 0.25) is 0 Å². The highest BCUT2D eigenvalue weighted by atomic mass is 19.1. The maximum Gasteiger partial charge on any atom is 0.189 e. The van der Waals surface area contributed by atoms with E-state index in [9.17, 15) is 4.39 Å². The zero-order valence-corrected chi connectivity index (χ0v) is 10.6. The fourth-order valence-corrected chi connectivity index (χ4v) is 2.28. The molecule has 3 aromatic rings. The van der Waals surface area contributed by atoms with Crippen molar-refractivity contribution < 1.29 is 4.39 Å². The van der Waals surface area contributed by atoms with E-state index >= 15 is 0 Å². The maximum atomic E-state index is 14.2. The number of para-hydroxylation sites is 1. The number of anilines is 2. The van der Waals surface area contributed by atoms with Gasteiger partial charge in [-0.05, 0) is 25.0 Å². The molecule has 0 bridgehead atoms. The maximum absolute atomic E-state index is 14.2. The summed E-state index contributed by atoms with van der Waals surface area (Å²) in [4.78, 5) is 8.35. The predicted octanol–water partition coefficient (Wildman–Crippen LogP) is 3.11. The number of hydrogen-bond donors (Lipinski definition) is 2. The normalized spacial score (nSPS) is 14.7. The topological polar surface area (TPSA) is 66.5 Å². The predicted molar refractivity (Wildman–Crippen MR) is 73.3 cm³/mol. The summed E-state index contributed by atoms with van der Waals surface area (Å²) in [6.07, 6.45) is 3.50. The molecule has 6 heteroatoms. The lowest BCUT2D eigenvalue weighted by molar-refractivity contribution is 0.614. The number of nitrogens with one attached hydrogen (secondary N) is 2. The lowest BCUT2D eigenvalue weighted by atomic mass is 10.2. The molecular weight excluding hydrogens is 257 g/mol. The molecule has 0 unspecified atom stereocenters. The molecule has 0 saturated heterocycles. The summed E-state index contributed by atoms with van der Waals surface area (Å²) in [5, 5.41) is 10.6. The Kier molecular flexibility index (Phi) is 2.42. The van der Waals surface area contributed by atoms with Crippen LogP contribution < -0.4 is 5.32 Å². The van der Waals surface area contributed by atoms with Crippen molar-refractivity contribution in [2.45, 2.75) is 18.8 Å². The van der Waals surface area contributed by atoms with Gasteiger partial charge < -0.3 is 5.32 Å². The molecule has 4 rings (SSSR count). The molecular formula is C14H12FN5. The Hall–Kier alpha value is -2.50. The van der Waals surface area contributed by atoms with Gasteiger partial charge in [-0.2, -0.15) is 5.10 Å². The van der Waals surface area contributed by atoms with Crippen molar-refractivity contribution in [3.63, 3.8) is 0 Å². The number of aromatic amines is 1. The van der Waals surface area contributed by atoms with Gasteiger partial charge in [0.15, 0.2) is 11.6 Å². The molecule has 0 spiro atoms. The van der Waals surface area contributed by atoms with Crippen molar-refractivity contribution in [3.05, 3.63) is 42.1 Å². The number of fused-ring (bicyclic) bond motifs is 1. The molecule has 100 valence electrons. The zero-order valence-electron chi connectivity index (χ0n) is 10.6. The number of benzene rings is 1. The second-order valence-corrected chi connectivity index (χ2v) is 4.94. The summed E-state index contributed by atoms with van der Waals surface area (Å²) in [6, 6.07) is 7.58. The van der Waals surface area contributed by atoms with Crippen molar-refractivity contribution in [2.75, 3.05) is 5.32 Å². The summed E-state index contributed by atoms with van der Waals surface area (Å²) in [5.41, 5.74) is 1.40. The summed E-state index contributed by atoms with van der Waals surface area (Å²) < 4.78 is 14.2. The molecule has 0 atom stereocenters. The summed E-state index contributed by atoms with van der Waals surface area (Å²) in [5.74, 6) is 0.731. The van der Waals surface area contributed by atoms with Gasteiger partial charge in [0, 0.05) is 11.3 Å². The van der Waals surface area contributed by atoms with Crippen LogP contribution in [-0.2, 0) is 0 Å². The number of halogens is 1. The van der Waals surface area contributed by atoms with Crippen LogP contribution in [0, 0.1) is 5.82 Å². The Balaban J connectivity index is 1.74. The molecule has 1 fully saturated rings. The van der Waals surface area contributed by atoms with Crippen LogP contribution in [0.4, 0.5) is 16.0 Å². The summed E-state index contributed by atoms with van der Waals surface area (Å²) in [6.45, 7) is 0. The minimum absolute atomic E-state index is 0.191. The Morgan fingerprint density at radius 3 is 2.85 bits per heavy atom. The highest BCUT2D eigenvalue weighted by molar-refractivity contribution is 5.90. The van der Waals surface area contributed by atoms with Crippen LogP contribution in [-0.4, -0.2) is 20.2 Å². The van der Waals surface area contributed by atoms with E-state index < -0.39 is 0 Å². The van der Waals surface area contributed by atoms with Crippen LogP contribution in [0.5, 0.6) is 0 Å². The van der Waals surface area contributed by atoms with Gasteiger partial charge in [0.1, 0.15) is 12.1 Å². The van der Waals surface area contributed by atoms with Crippen LogP contribution in [0.25, 0.3) is 10.9 Å². The first-order valence-electron chi connectivity index (χ1n) is 6.53. The molecule has 1 aliphatic carbocycles. The van der Waals surface area contributed by atoms with Crippen LogP contribution in [0.3, 0.4) is 0 Å². The largest absolute Gasteiger partial charge is 0.320 e. The molecule has 2 N–H and O–H groups in total. The first kappa shape index (κ1) is 11.3. The van der Waals surface area contributed by atoms with Crippen molar-refractivity contribution in [2.24, 2.45) is 0 Å². The smallest absolute Gasteiger partial charge is 0.189 e. The molecule has 1 aromatic carbocycles. The van der Waals surface area contributed by atoms with Gasteiger partial charge in [0.2, 0.25) is 0 Å². The van der Waals surface area contributed by atoms with Crippen molar-refractivity contribution in [1.29, 1.82) is 0 Å². The molecule has 2 heterocycles. The zero-order chi connectivity index (χ0) is 13.5. The van der Waals surface area contributed by atoms with E-state index in [1.165, 1.54) is 6.33 Å². The fourth-order valence-electron chi connectivity index (χ4n) is 2.28. The third-order valence-electron chi connectivity index (χ3n) is 3.50. The Bertz CT molecular complexity index is 773. The molecule has 5 nitrogen and oxygen atoms in total. The van der Waals surface area contributed by atoms with Crippen molar-refractivity contribution >= 4 is 22.5 Å². The van der Waals surface area contributed by atoms with Gasteiger partial charge >= 0.3 is 0 Å². The van der Waals surface area contributed by atoms with E-state index in [0.29, 0.717) is 17.4 Å². The molecule has 2 aromatic heterocycles. The first-order chi connectivity index (χ1) is 9.83. The van der Waals surface area contributed by atoms with Gasteiger partial charge in [-0.25, -0.2) is 14.4 Å². The minimum atomic E-state index is -0.310. The van der Waals surface area contributed by atoms with Crippen molar-refractivity contribution in [3.8, 4) is 0 Å². The highest BCUT2D eigenvalue weighted by Gasteiger charge is 2.30. The molecule has 1 saturated carbocycles. The van der Waals surface area contributed by atoms with Gasteiger partial charge in [-0.3, -0.25) is 5.10 Å². The van der Waals surface area contributed by atoms with Crippen molar-refractivity contribution in [1.82, 2.24) is 20.2 Å². The number of H-pyrrole nitrogens is 1. The fraction of sp³-hybridized carbons (Fsp3) is 0.214. The monoisotopic (exact) mass is 269 g/mol. The lowest BCUT2D eigenvalue weighted by Gasteiger charge is -2.05. The van der Waals surface area contributed by atoms with Gasteiger partial charge in [0.05, 0.1) is 11.2 Å². The van der Waals surface area contributed by atoms with Crippen LogP contribution >= 0.6 is 0 Å². The third kappa shape index (κ3) is 1.80. The molecule has 0 radical (unpaired) electrons. The van der Waals surface area contributed by atoms with Gasteiger partial charge in [-0.1, -0.05) is 12.1 Å². The average Bonchev–Trinajstić information content (AvgIpc) is 3.26. The van der Waals surface area contributed by atoms with E-state index in [0.717, 1.165) is 23.7 Å². The van der Waals surface area contributed by atoms with E-state index in [1.54, 1.807) is 0 Å². The Labute approximate surface area is 114 Å². The Morgan fingerprint density at radius 1 is 1.15 bits per heavy atom. The van der Waals surface area contributed by atoms with E-state index in [2.05, 4.69) is 25.5 Å². The van der Waals surface area contributed by atoms with Crippen LogP contribution in [0.15, 0.2) is 30.6 Å². The summed E-state index contributed by atoms with van der Waals surface area (Å²) >= 11 is 0. The second-order valence-electron chi connectivity index (χ2n) is 4.94. The van der Waals surface area contributed by atoms with Gasteiger partial charge in [-0.15, -0.1) is 0 Å². The standard InChI is InChI=1S/C14H12FN5/c15-11-12(8-5-6-8)19-20-14(11)18-13-9-3-1-2-4-10(9)16-7-17-13/h1-4,7-8H,5-6H2,(H2,16,17,18,19,20). The highest BCUT2D eigenvalue weighted by Crippen LogP contribution is 2.41. The van der Waals surface area contributed by atoms with E-state index in [4.69, 9.17) is 0 Å².